The predicted molar refractivity (Wildman–Crippen MR) is 96.3 cm³/mol. The van der Waals surface area contributed by atoms with Crippen molar-refractivity contribution in [2.75, 3.05) is 11.9 Å². The summed E-state index contributed by atoms with van der Waals surface area (Å²) in [5.41, 5.74) is 0.445. The zero-order valence-electron chi connectivity index (χ0n) is 13.8. The van der Waals surface area contributed by atoms with Gasteiger partial charge in [0.15, 0.2) is 0 Å². The number of aromatic nitrogens is 2. The van der Waals surface area contributed by atoms with Gasteiger partial charge in [-0.15, -0.1) is 10.2 Å². The Morgan fingerprint density at radius 2 is 1.96 bits per heavy atom. The fourth-order valence-electron chi connectivity index (χ4n) is 2.18. The second-order valence-electron chi connectivity index (χ2n) is 5.20. The van der Waals surface area contributed by atoms with Gasteiger partial charge >= 0.3 is 0 Å². The summed E-state index contributed by atoms with van der Waals surface area (Å²) in [6.45, 7) is 2.06. The monoisotopic (exact) mass is 392 g/mol. The number of anilines is 1. The molecule has 0 radical (unpaired) electrons. The highest BCUT2D eigenvalue weighted by Crippen LogP contribution is 2.25. The van der Waals surface area contributed by atoms with Gasteiger partial charge in [0.25, 0.3) is 15.9 Å². The molecule has 0 atom stereocenters. The van der Waals surface area contributed by atoms with Crippen molar-refractivity contribution in [3.8, 4) is 0 Å². The van der Waals surface area contributed by atoms with E-state index in [0.29, 0.717) is 11.3 Å². The average Bonchev–Trinajstić information content (AvgIpc) is 3.32. The molecular formula is C16H16N4O4S2. The third kappa shape index (κ3) is 3.98. The van der Waals surface area contributed by atoms with Crippen LogP contribution in [-0.2, 0) is 16.6 Å². The summed E-state index contributed by atoms with van der Waals surface area (Å²) in [6, 6.07) is 12.0. The smallest absolute Gasteiger partial charge is 0.272 e. The van der Waals surface area contributed by atoms with E-state index in [1.54, 1.807) is 49.4 Å². The van der Waals surface area contributed by atoms with Crippen molar-refractivity contribution in [1.82, 2.24) is 14.5 Å². The lowest BCUT2D eigenvalue weighted by Crippen LogP contribution is -2.30. The molecule has 26 heavy (non-hydrogen) atoms. The molecule has 1 amide bonds. The summed E-state index contributed by atoms with van der Waals surface area (Å²) in [4.78, 5) is 12.1. The van der Waals surface area contributed by atoms with Gasteiger partial charge in [-0.3, -0.25) is 10.1 Å². The normalized spacial score (nSPS) is 11.6. The molecule has 0 saturated heterocycles. The second kappa shape index (κ2) is 7.77. The van der Waals surface area contributed by atoms with Crippen molar-refractivity contribution in [3.05, 3.63) is 60.1 Å². The van der Waals surface area contributed by atoms with E-state index in [0.717, 1.165) is 11.3 Å². The molecule has 3 aromatic rings. The lowest BCUT2D eigenvalue weighted by Gasteiger charge is -2.16. The number of hydrogen-bond donors (Lipinski definition) is 1. The summed E-state index contributed by atoms with van der Waals surface area (Å²) in [5.74, 6) is 0.145. The van der Waals surface area contributed by atoms with Crippen molar-refractivity contribution in [3.63, 3.8) is 0 Å². The van der Waals surface area contributed by atoms with E-state index >= 15 is 0 Å². The van der Waals surface area contributed by atoms with Gasteiger partial charge in [0.05, 0.1) is 12.8 Å². The minimum atomic E-state index is -3.84. The number of carbonyl (C=O) groups excluding carboxylic acids is 1. The fourth-order valence-corrected chi connectivity index (χ4v) is 4.63. The Balaban J connectivity index is 1.76. The molecule has 1 aromatic carbocycles. The first-order chi connectivity index (χ1) is 12.5. The van der Waals surface area contributed by atoms with Crippen LogP contribution in [0.25, 0.3) is 0 Å². The molecule has 8 nitrogen and oxygen atoms in total. The van der Waals surface area contributed by atoms with Gasteiger partial charge in [-0.05, 0) is 24.3 Å². The molecule has 0 aliphatic rings. The average molecular weight is 392 g/mol. The zero-order chi connectivity index (χ0) is 18.6. The minimum Gasteiger partial charge on any atom is -0.468 e. The van der Waals surface area contributed by atoms with Crippen molar-refractivity contribution < 1.29 is 17.6 Å². The number of sulfonamides is 1. The minimum absolute atomic E-state index is 0.0944. The van der Waals surface area contributed by atoms with Crippen molar-refractivity contribution in [2.45, 2.75) is 17.8 Å². The Kier molecular flexibility index (Phi) is 5.45. The highest BCUT2D eigenvalue weighted by atomic mass is 32.2. The van der Waals surface area contributed by atoms with Crippen LogP contribution < -0.4 is 5.32 Å². The molecule has 1 N–H and O–H groups in total. The molecule has 0 spiro atoms. The number of furan rings is 1. The first-order valence-corrected chi connectivity index (χ1v) is 9.99. The largest absolute Gasteiger partial charge is 0.468 e. The molecule has 136 valence electrons. The Bertz CT molecular complexity index is 969. The van der Waals surface area contributed by atoms with Crippen LogP contribution in [-0.4, -0.2) is 35.4 Å². The summed E-state index contributed by atoms with van der Waals surface area (Å²) >= 11 is 0.805. The molecule has 0 saturated carbocycles. The van der Waals surface area contributed by atoms with Crippen LogP contribution >= 0.6 is 11.3 Å². The molecule has 10 heteroatoms. The molecule has 0 aliphatic carbocycles. The number of rotatable bonds is 7. The van der Waals surface area contributed by atoms with Crippen molar-refractivity contribution in [2.24, 2.45) is 0 Å². The third-order valence-corrected chi connectivity index (χ3v) is 6.59. The molecule has 2 heterocycles. The summed E-state index contributed by atoms with van der Waals surface area (Å²) in [5, 5.41) is 10.2. The van der Waals surface area contributed by atoms with Crippen LogP contribution in [0, 0.1) is 0 Å². The number of nitrogens with zero attached hydrogens (tertiary/aromatic N) is 3. The standard InChI is InChI=1S/C16H16N4O4S2/c1-2-20(11-13-9-6-10-24-13)26(22,23)16-19-18-15(25-16)17-14(21)12-7-4-3-5-8-12/h3-10H,2,11H2,1H3,(H,17,18,21). The van der Waals surface area contributed by atoms with E-state index in [2.05, 4.69) is 15.5 Å². The van der Waals surface area contributed by atoms with Gasteiger partial charge in [0.1, 0.15) is 5.76 Å². The predicted octanol–water partition coefficient (Wildman–Crippen LogP) is 2.59. The molecule has 0 bridgehead atoms. The van der Waals surface area contributed by atoms with E-state index < -0.39 is 10.0 Å². The highest BCUT2D eigenvalue weighted by molar-refractivity contribution is 7.91. The Hall–Kier alpha value is -2.56. The molecular weight excluding hydrogens is 376 g/mol. The molecule has 0 unspecified atom stereocenters. The number of amides is 1. The lowest BCUT2D eigenvalue weighted by atomic mass is 10.2. The molecule has 3 rings (SSSR count). The first kappa shape index (κ1) is 18.2. The number of hydrogen-bond acceptors (Lipinski definition) is 7. The van der Waals surface area contributed by atoms with Crippen LogP contribution in [0.3, 0.4) is 0 Å². The summed E-state index contributed by atoms with van der Waals surface area (Å²) in [6.07, 6.45) is 1.48. The Morgan fingerprint density at radius 3 is 2.62 bits per heavy atom. The van der Waals surface area contributed by atoms with Crippen LogP contribution in [0.4, 0.5) is 5.13 Å². The Morgan fingerprint density at radius 1 is 1.19 bits per heavy atom. The van der Waals surface area contributed by atoms with Crippen LogP contribution in [0.5, 0.6) is 0 Å². The number of benzene rings is 1. The molecule has 0 fully saturated rings. The number of carbonyl (C=O) groups is 1. The summed E-state index contributed by atoms with van der Waals surface area (Å²) < 4.78 is 31.7. The second-order valence-corrected chi connectivity index (χ2v) is 8.29. The van der Waals surface area contributed by atoms with E-state index in [-0.39, 0.29) is 28.5 Å². The van der Waals surface area contributed by atoms with Crippen molar-refractivity contribution >= 4 is 32.4 Å². The molecule has 2 aromatic heterocycles. The fraction of sp³-hybridized carbons (Fsp3) is 0.188. The third-order valence-electron chi connectivity index (χ3n) is 3.49. The maximum absolute atomic E-state index is 12.7. The van der Waals surface area contributed by atoms with E-state index in [9.17, 15) is 13.2 Å². The topological polar surface area (TPSA) is 105 Å². The zero-order valence-corrected chi connectivity index (χ0v) is 15.5. The van der Waals surface area contributed by atoms with E-state index in [4.69, 9.17) is 4.42 Å². The van der Waals surface area contributed by atoms with Crippen LogP contribution in [0.1, 0.15) is 23.0 Å². The lowest BCUT2D eigenvalue weighted by molar-refractivity contribution is 0.102. The molecule has 0 aliphatic heterocycles. The highest BCUT2D eigenvalue weighted by Gasteiger charge is 2.28. The number of nitrogens with one attached hydrogen (secondary N) is 1. The van der Waals surface area contributed by atoms with Crippen LogP contribution in [0.15, 0.2) is 57.5 Å². The van der Waals surface area contributed by atoms with Crippen molar-refractivity contribution in [1.29, 1.82) is 0 Å². The van der Waals surface area contributed by atoms with Crippen LogP contribution in [0.2, 0.25) is 0 Å². The van der Waals surface area contributed by atoms with E-state index in [1.807, 2.05) is 0 Å². The summed E-state index contributed by atoms with van der Waals surface area (Å²) in [7, 11) is -3.84. The Labute approximate surface area is 154 Å². The SMILES string of the molecule is CCN(Cc1ccco1)S(=O)(=O)c1nnc(NC(=O)c2ccccc2)s1. The first-order valence-electron chi connectivity index (χ1n) is 7.73. The maximum Gasteiger partial charge on any atom is 0.272 e. The van der Waals surface area contributed by atoms with E-state index in [1.165, 1.54) is 10.6 Å². The van der Waals surface area contributed by atoms with Gasteiger partial charge in [0.2, 0.25) is 9.47 Å². The van der Waals surface area contributed by atoms with Gasteiger partial charge in [0, 0.05) is 12.1 Å². The van der Waals surface area contributed by atoms with Gasteiger partial charge in [-0.2, -0.15) is 4.31 Å². The maximum atomic E-state index is 12.7. The van der Waals surface area contributed by atoms with Gasteiger partial charge < -0.3 is 4.42 Å². The van der Waals surface area contributed by atoms with Gasteiger partial charge in [-0.1, -0.05) is 36.5 Å². The quantitative estimate of drug-likeness (QED) is 0.620. The van der Waals surface area contributed by atoms with Gasteiger partial charge in [-0.25, -0.2) is 8.42 Å².